The van der Waals surface area contributed by atoms with Crippen molar-refractivity contribution in [3.8, 4) is 0 Å². The molecule has 164 valence electrons. The quantitative estimate of drug-likeness (QED) is 0.128. The Morgan fingerprint density at radius 2 is 1.13 bits per heavy atom. The van der Waals surface area contributed by atoms with Crippen LogP contribution >= 0.6 is 20.4 Å². The molecule has 4 nitrogen and oxygen atoms in total. The van der Waals surface area contributed by atoms with E-state index in [0.717, 1.165) is 31.4 Å². The van der Waals surface area contributed by atoms with Crippen molar-refractivity contribution in [2.75, 3.05) is 12.3 Å². The molecule has 0 spiro atoms. The van der Waals surface area contributed by atoms with Gasteiger partial charge in [0.05, 0.1) is 4.75 Å². The molecule has 0 bridgehead atoms. The van der Waals surface area contributed by atoms with E-state index in [4.69, 9.17) is 9.79 Å². The molecule has 0 heterocycles. The van der Waals surface area contributed by atoms with Crippen LogP contribution in [0.15, 0.2) is 91.0 Å². The van der Waals surface area contributed by atoms with Crippen LogP contribution in [0.2, 0.25) is 0 Å². The van der Waals surface area contributed by atoms with Gasteiger partial charge in [0.15, 0.2) is 0 Å². The summed E-state index contributed by atoms with van der Waals surface area (Å²) in [5, 5.41) is 0. The summed E-state index contributed by atoms with van der Waals surface area (Å²) < 4.78 is 4.33. The SMILES string of the molecule is OP(O)ONCCCCCCSC(c1ccccc1)(c1ccccc1)c1ccccc1. The summed E-state index contributed by atoms with van der Waals surface area (Å²) in [6.45, 7) is 0.620. The number of rotatable bonds is 13. The molecule has 0 atom stereocenters. The first-order valence-corrected chi connectivity index (χ1v) is 12.8. The van der Waals surface area contributed by atoms with Crippen molar-refractivity contribution < 1.29 is 14.4 Å². The summed E-state index contributed by atoms with van der Waals surface area (Å²) in [5.74, 6) is 1.04. The van der Waals surface area contributed by atoms with Gasteiger partial charge >= 0.3 is 8.60 Å². The van der Waals surface area contributed by atoms with Crippen LogP contribution in [0.5, 0.6) is 0 Å². The van der Waals surface area contributed by atoms with Crippen molar-refractivity contribution in [3.63, 3.8) is 0 Å². The molecule has 0 aliphatic heterocycles. The van der Waals surface area contributed by atoms with E-state index in [2.05, 4.69) is 101 Å². The van der Waals surface area contributed by atoms with E-state index >= 15 is 0 Å². The van der Waals surface area contributed by atoms with Crippen molar-refractivity contribution >= 4 is 20.4 Å². The highest BCUT2D eigenvalue weighted by atomic mass is 32.2. The summed E-state index contributed by atoms with van der Waals surface area (Å²) in [6, 6.07) is 32.3. The molecule has 0 saturated heterocycles. The molecule has 0 radical (unpaired) electrons. The van der Waals surface area contributed by atoms with Gasteiger partial charge in [0.2, 0.25) is 0 Å². The first-order chi connectivity index (χ1) is 15.2. The van der Waals surface area contributed by atoms with Gasteiger partial charge in [0.1, 0.15) is 0 Å². The minimum absolute atomic E-state index is 0.251. The fourth-order valence-corrected chi connectivity index (χ4v) is 5.52. The highest BCUT2D eigenvalue weighted by molar-refractivity contribution is 8.00. The fraction of sp³-hybridized carbons (Fsp3) is 0.280. The monoisotopic (exact) mass is 455 g/mol. The van der Waals surface area contributed by atoms with E-state index in [1.807, 2.05) is 11.8 Å². The Kier molecular flexibility index (Phi) is 10.0. The molecule has 0 amide bonds. The number of thioether (sulfide) groups is 1. The van der Waals surface area contributed by atoms with Gasteiger partial charge < -0.3 is 9.79 Å². The minimum Gasteiger partial charge on any atom is -0.327 e. The van der Waals surface area contributed by atoms with Gasteiger partial charge in [-0.3, -0.25) is 0 Å². The van der Waals surface area contributed by atoms with Crippen LogP contribution in [0.3, 0.4) is 0 Å². The summed E-state index contributed by atoms with van der Waals surface area (Å²) >= 11 is 2.00. The van der Waals surface area contributed by atoms with Crippen molar-refractivity contribution in [2.45, 2.75) is 30.4 Å². The van der Waals surface area contributed by atoms with Crippen LogP contribution in [0, 0.1) is 0 Å². The van der Waals surface area contributed by atoms with E-state index in [9.17, 15) is 0 Å². The Morgan fingerprint density at radius 3 is 1.58 bits per heavy atom. The lowest BCUT2D eigenvalue weighted by Gasteiger charge is -2.35. The van der Waals surface area contributed by atoms with Crippen molar-refractivity contribution in [1.82, 2.24) is 5.48 Å². The third kappa shape index (κ3) is 6.88. The van der Waals surface area contributed by atoms with Gasteiger partial charge in [0.25, 0.3) is 0 Å². The fourth-order valence-electron chi connectivity index (χ4n) is 3.75. The van der Waals surface area contributed by atoms with E-state index in [0.29, 0.717) is 6.54 Å². The molecule has 3 rings (SSSR count). The van der Waals surface area contributed by atoms with Crippen LogP contribution in [-0.2, 0) is 9.37 Å². The standard InChI is InChI=1S/C25H30NO3PS/c27-30(28)29-26-20-12-1-2-13-21-31-25(22-14-6-3-7-15-22,23-16-8-4-9-17-23)24-18-10-5-11-19-24/h3-11,14-19,26-28H,1-2,12-13,20-21H2. The van der Waals surface area contributed by atoms with E-state index < -0.39 is 8.60 Å². The number of hydroxylamine groups is 1. The zero-order valence-corrected chi connectivity index (χ0v) is 19.3. The molecule has 3 N–H and O–H groups in total. The predicted molar refractivity (Wildman–Crippen MR) is 131 cm³/mol. The maximum atomic E-state index is 8.72. The predicted octanol–water partition coefficient (Wildman–Crippen LogP) is 6.00. The van der Waals surface area contributed by atoms with E-state index in [-0.39, 0.29) is 4.75 Å². The molecule has 0 aliphatic carbocycles. The average Bonchev–Trinajstić information content (AvgIpc) is 2.82. The number of hydrogen-bond acceptors (Lipinski definition) is 5. The summed E-state index contributed by atoms with van der Waals surface area (Å²) in [5.41, 5.74) is 6.47. The maximum absolute atomic E-state index is 8.72. The van der Waals surface area contributed by atoms with Crippen LogP contribution in [-0.4, -0.2) is 22.1 Å². The van der Waals surface area contributed by atoms with Gasteiger partial charge in [0, 0.05) is 6.54 Å². The lowest BCUT2D eigenvalue weighted by molar-refractivity contribution is 0.161. The van der Waals surface area contributed by atoms with Crippen LogP contribution in [0.1, 0.15) is 42.4 Å². The molecule has 31 heavy (non-hydrogen) atoms. The van der Waals surface area contributed by atoms with Crippen molar-refractivity contribution in [3.05, 3.63) is 108 Å². The summed E-state index contributed by atoms with van der Waals surface area (Å²) in [4.78, 5) is 17.4. The molecule has 0 saturated carbocycles. The molecule has 3 aromatic rings. The zero-order chi connectivity index (χ0) is 21.8. The molecular formula is C25H30NO3PS. The first kappa shape index (κ1) is 23.9. The molecule has 0 aliphatic rings. The smallest absolute Gasteiger partial charge is 0.327 e. The second-order valence-corrected chi connectivity index (χ2v) is 9.28. The second-order valence-electron chi connectivity index (χ2n) is 7.28. The van der Waals surface area contributed by atoms with Crippen LogP contribution in [0.25, 0.3) is 0 Å². The average molecular weight is 456 g/mol. The summed E-state index contributed by atoms with van der Waals surface area (Å²) in [6.07, 6.45) is 4.25. The van der Waals surface area contributed by atoms with Gasteiger partial charge in [-0.05, 0) is 35.3 Å². The molecular weight excluding hydrogens is 425 g/mol. The Morgan fingerprint density at radius 1 is 0.677 bits per heavy atom. The first-order valence-electron chi connectivity index (χ1n) is 10.6. The van der Waals surface area contributed by atoms with Crippen molar-refractivity contribution in [2.24, 2.45) is 0 Å². The summed E-state index contributed by atoms with van der Waals surface area (Å²) in [7, 11) is -2.32. The van der Waals surface area contributed by atoms with Gasteiger partial charge in [-0.15, -0.1) is 11.8 Å². The number of benzene rings is 3. The number of unbranched alkanes of at least 4 members (excludes halogenated alkanes) is 3. The Bertz CT molecular complexity index is 769. The zero-order valence-electron chi connectivity index (χ0n) is 17.6. The van der Waals surface area contributed by atoms with E-state index in [1.54, 1.807) is 0 Å². The van der Waals surface area contributed by atoms with E-state index in [1.165, 1.54) is 16.7 Å². The van der Waals surface area contributed by atoms with Gasteiger partial charge in [-0.25, -0.2) is 4.62 Å². The third-order valence-electron chi connectivity index (χ3n) is 5.18. The highest BCUT2D eigenvalue weighted by Gasteiger charge is 2.36. The Labute approximate surface area is 190 Å². The van der Waals surface area contributed by atoms with Crippen molar-refractivity contribution in [1.29, 1.82) is 0 Å². The molecule has 3 aromatic carbocycles. The number of nitrogens with one attached hydrogen (secondary N) is 1. The third-order valence-corrected chi connectivity index (χ3v) is 7.10. The normalized spacial score (nSPS) is 11.7. The van der Waals surface area contributed by atoms with Gasteiger partial charge in [-0.1, -0.05) is 104 Å². The molecule has 0 aromatic heterocycles. The maximum Gasteiger partial charge on any atom is 0.345 e. The minimum atomic E-state index is -2.32. The topological polar surface area (TPSA) is 61.7 Å². The number of hydrogen-bond donors (Lipinski definition) is 3. The lowest BCUT2D eigenvalue weighted by atomic mass is 9.84. The second kappa shape index (κ2) is 13.0. The lowest BCUT2D eigenvalue weighted by Crippen LogP contribution is -2.26. The highest BCUT2D eigenvalue weighted by Crippen LogP contribution is 2.48. The van der Waals surface area contributed by atoms with Gasteiger partial charge in [-0.2, -0.15) is 5.48 Å². The molecule has 0 unspecified atom stereocenters. The Balaban J connectivity index is 1.72. The molecule has 6 heteroatoms. The molecule has 0 fully saturated rings. The van der Waals surface area contributed by atoms with Crippen LogP contribution in [0.4, 0.5) is 0 Å². The largest absolute Gasteiger partial charge is 0.345 e. The Hall–Kier alpha value is -1.72. The van der Waals surface area contributed by atoms with Crippen LogP contribution < -0.4 is 5.48 Å².